The molecule has 3 N–H and O–H groups in total. The van der Waals surface area contributed by atoms with Crippen LogP contribution in [0.15, 0.2) is 30.3 Å². The van der Waals surface area contributed by atoms with Crippen LogP contribution < -0.4 is 15.8 Å². The van der Waals surface area contributed by atoms with Gasteiger partial charge in [0.05, 0.1) is 12.7 Å². The summed E-state index contributed by atoms with van der Waals surface area (Å²) in [7, 11) is 1.00. The Hall–Kier alpha value is -3.28. The molecule has 2 aromatic carbocycles. The van der Waals surface area contributed by atoms with Crippen molar-refractivity contribution in [3.8, 4) is 5.75 Å². The van der Waals surface area contributed by atoms with Gasteiger partial charge in [-0.1, -0.05) is 13.0 Å². The second-order valence-corrected chi connectivity index (χ2v) is 7.99. The standard InChI is InChI=1S/C22H20F6N2O4/c1-9-15(11-5-7-14(24)16(25)17(11)33-3)18(34-21(9,2)22(26,27)28)20(32)30-10-4-6-13(23)12(8-10)19(29)31/h4-9,15,18H,1-3H3,(H2,29,31)(H,30,32)/t9-,15-,18-,21-/m1/s1. The minimum absolute atomic E-state index is 0.145. The first-order valence-corrected chi connectivity index (χ1v) is 9.89. The van der Waals surface area contributed by atoms with Gasteiger partial charge in [-0.3, -0.25) is 9.59 Å². The third-order valence-corrected chi connectivity index (χ3v) is 6.07. The number of ether oxygens (including phenoxy) is 2. The number of rotatable bonds is 5. The molecule has 1 fully saturated rings. The number of amides is 2. The monoisotopic (exact) mass is 490 g/mol. The van der Waals surface area contributed by atoms with E-state index in [1.807, 2.05) is 0 Å². The lowest BCUT2D eigenvalue weighted by Gasteiger charge is -2.32. The molecule has 0 unspecified atom stereocenters. The van der Waals surface area contributed by atoms with Crippen LogP contribution in [-0.4, -0.2) is 36.8 Å². The van der Waals surface area contributed by atoms with Gasteiger partial charge in [-0.15, -0.1) is 0 Å². The van der Waals surface area contributed by atoms with Crippen LogP contribution in [0.3, 0.4) is 0 Å². The van der Waals surface area contributed by atoms with Crippen molar-refractivity contribution >= 4 is 17.5 Å². The molecule has 1 heterocycles. The van der Waals surface area contributed by atoms with Crippen molar-refractivity contribution in [2.45, 2.75) is 37.6 Å². The first kappa shape index (κ1) is 25.3. The van der Waals surface area contributed by atoms with Crippen molar-refractivity contribution in [3.63, 3.8) is 0 Å². The zero-order valence-corrected chi connectivity index (χ0v) is 18.1. The molecule has 0 aromatic heterocycles. The largest absolute Gasteiger partial charge is 0.493 e. The van der Waals surface area contributed by atoms with Crippen molar-refractivity contribution in [1.82, 2.24) is 0 Å². The molecule has 6 nitrogen and oxygen atoms in total. The normalized spacial score (nSPS) is 24.7. The summed E-state index contributed by atoms with van der Waals surface area (Å²) in [5.74, 6) is -9.46. The van der Waals surface area contributed by atoms with E-state index in [4.69, 9.17) is 15.2 Å². The molecule has 0 radical (unpaired) electrons. The van der Waals surface area contributed by atoms with E-state index in [9.17, 15) is 35.9 Å². The van der Waals surface area contributed by atoms with Crippen LogP contribution in [0.4, 0.5) is 32.0 Å². The quantitative estimate of drug-likeness (QED) is 0.612. The maximum Gasteiger partial charge on any atom is 0.417 e. The molecule has 3 rings (SSSR count). The SMILES string of the molecule is COc1c([C@H]2[C@@H](C)[C@](C)(C(F)(F)F)O[C@H]2C(=O)Nc2ccc(F)c(C(N)=O)c2)ccc(F)c1F. The molecule has 0 spiro atoms. The number of alkyl halides is 3. The molecule has 0 saturated carbocycles. The second kappa shape index (κ2) is 8.82. The summed E-state index contributed by atoms with van der Waals surface area (Å²) >= 11 is 0. The number of carbonyl (C=O) groups is 2. The lowest BCUT2D eigenvalue weighted by Crippen LogP contribution is -2.47. The molecule has 1 aliphatic heterocycles. The molecule has 184 valence electrons. The van der Waals surface area contributed by atoms with Gasteiger partial charge in [0.15, 0.2) is 17.2 Å². The van der Waals surface area contributed by atoms with Gasteiger partial charge < -0.3 is 20.5 Å². The van der Waals surface area contributed by atoms with Gasteiger partial charge in [0.1, 0.15) is 11.9 Å². The summed E-state index contributed by atoms with van der Waals surface area (Å²) < 4.78 is 93.8. The molecular formula is C22H20F6N2O4. The highest BCUT2D eigenvalue weighted by Crippen LogP contribution is 2.55. The number of primary amides is 1. The lowest BCUT2D eigenvalue weighted by molar-refractivity contribution is -0.272. The number of methoxy groups -OCH3 is 1. The Morgan fingerprint density at radius 3 is 2.29 bits per heavy atom. The number of nitrogens with one attached hydrogen (secondary N) is 1. The zero-order valence-electron chi connectivity index (χ0n) is 18.1. The molecule has 4 atom stereocenters. The number of nitrogens with two attached hydrogens (primary N) is 1. The van der Waals surface area contributed by atoms with E-state index in [0.29, 0.717) is 6.07 Å². The Balaban J connectivity index is 2.08. The van der Waals surface area contributed by atoms with Crippen LogP contribution in [0.25, 0.3) is 0 Å². The van der Waals surface area contributed by atoms with Crippen molar-refractivity contribution in [2.75, 3.05) is 12.4 Å². The number of carbonyl (C=O) groups excluding carboxylic acids is 2. The number of benzene rings is 2. The van der Waals surface area contributed by atoms with Crippen molar-refractivity contribution in [3.05, 3.63) is 58.9 Å². The van der Waals surface area contributed by atoms with E-state index >= 15 is 0 Å². The van der Waals surface area contributed by atoms with E-state index in [2.05, 4.69) is 5.32 Å². The van der Waals surface area contributed by atoms with Gasteiger partial charge >= 0.3 is 6.18 Å². The summed E-state index contributed by atoms with van der Waals surface area (Å²) in [6, 6.07) is 4.53. The smallest absolute Gasteiger partial charge is 0.417 e. The summed E-state index contributed by atoms with van der Waals surface area (Å²) in [6.07, 6.45) is -6.77. The predicted molar refractivity (Wildman–Crippen MR) is 108 cm³/mol. The summed E-state index contributed by atoms with van der Waals surface area (Å²) in [6.45, 7) is 1.91. The first-order chi connectivity index (χ1) is 15.7. The van der Waals surface area contributed by atoms with Gasteiger partial charge in [0, 0.05) is 23.1 Å². The molecule has 12 heteroatoms. The van der Waals surface area contributed by atoms with Gasteiger partial charge in [-0.05, 0) is 31.2 Å². The molecule has 1 aliphatic rings. The van der Waals surface area contributed by atoms with Gasteiger partial charge in [-0.2, -0.15) is 17.6 Å². The summed E-state index contributed by atoms with van der Waals surface area (Å²) in [5.41, 5.74) is 1.32. The molecule has 0 aliphatic carbocycles. The van der Waals surface area contributed by atoms with E-state index in [1.165, 1.54) is 0 Å². The van der Waals surface area contributed by atoms with Crippen LogP contribution in [0.1, 0.15) is 35.7 Å². The van der Waals surface area contributed by atoms with Crippen molar-refractivity contribution in [2.24, 2.45) is 11.7 Å². The molecule has 1 saturated heterocycles. The highest BCUT2D eigenvalue weighted by Gasteiger charge is 2.65. The summed E-state index contributed by atoms with van der Waals surface area (Å²) in [4.78, 5) is 24.4. The zero-order chi connectivity index (χ0) is 25.6. The molecule has 2 aromatic rings. The topological polar surface area (TPSA) is 90.7 Å². The highest BCUT2D eigenvalue weighted by molar-refractivity contribution is 5.98. The van der Waals surface area contributed by atoms with Crippen LogP contribution >= 0.6 is 0 Å². The molecule has 34 heavy (non-hydrogen) atoms. The van der Waals surface area contributed by atoms with Crippen LogP contribution in [0.2, 0.25) is 0 Å². The molecular weight excluding hydrogens is 470 g/mol. The number of halogens is 6. The number of hydrogen-bond acceptors (Lipinski definition) is 4. The van der Waals surface area contributed by atoms with Gasteiger partial charge in [-0.25, -0.2) is 8.78 Å². The maximum absolute atomic E-state index is 14.4. The molecule has 0 bridgehead atoms. The molecule has 2 amide bonds. The number of hydrogen-bond donors (Lipinski definition) is 2. The Labute approximate surface area is 190 Å². The third-order valence-electron chi connectivity index (χ3n) is 6.07. The fourth-order valence-corrected chi connectivity index (χ4v) is 4.05. The van der Waals surface area contributed by atoms with Crippen LogP contribution in [0, 0.1) is 23.4 Å². The first-order valence-electron chi connectivity index (χ1n) is 9.89. The maximum atomic E-state index is 14.4. The fourth-order valence-electron chi connectivity index (χ4n) is 4.05. The minimum Gasteiger partial charge on any atom is -0.493 e. The Kier molecular flexibility index (Phi) is 6.57. The Morgan fingerprint density at radius 2 is 1.74 bits per heavy atom. The van der Waals surface area contributed by atoms with Gasteiger partial charge in [0.25, 0.3) is 11.8 Å². The average molecular weight is 490 g/mol. The second-order valence-electron chi connectivity index (χ2n) is 7.99. The van der Waals surface area contributed by atoms with Crippen LogP contribution in [0.5, 0.6) is 5.75 Å². The number of anilines is 1. The van der Waals surface area contributed by atoms with E-state index < -0.39 is 70.3 Å². The van der Waals surface area contributed by atoms with Crippen molar-refractivity contribution in [1.29, 1.82) is 0 Å². The fraction of sp³-hybridized carbons (Fsp3) is 0.364. The summed E-state index contributed by atoms with van der Waals surface area (Å²) in [5, 5.41) is 2.26. The average Bonchev–Trinajstić information content (AvgIpc) is 3.03. The highest BCUT2D eigenvalue weighted by atomic mass is 19.4. The van der Waals surface area contributed by atoms with E-state index in [0.717, 1.165) is 45.2 Å². The Bertz CT molecular complexity index is 1140. The van der Waals surface area contributed by atoms with E-state index in [-0.39, 0.29) is 11.3 Å². The van der Waals surface area contributed by atoms with E-state index in [1.54, 1.807) is 0 Å². The van der Waals surface area contributed by atoms with Crippen LogP contribution in [-0.2, 0) is 9.53 Å². The minimum atomic E-state index is -4.93. The third kappa shape index (κ3) is 4.17. The van der Waals surface area contributed by atoms with Gasteiger partial charge in [0.2, 0.25) is 5.82 Å². The Morgan fingerprint density at radius 1 is 1.12 bits per heavy atom. The van der Waals surface area contributed by atoms with Crippen molar-refractivity contribution < 1.29 is 45.4 Å². The lowest BCUT2D eigenvalue weighted by atomic mass is 9.77. The predicted octanol–water partition coefficient (Wildman–Crippen LogP) is 4.29.